The average molecular weight is 310 g/mol. The number of hydrogen-bond acceptors (Lipinski definition) is 2. The van der Waals surface area contributed by atoms with Gasteiger partial charge in [-0.05, 0) is 30.5 Å². The molecule has 120 valence electrons. The lowest BCUT2D eigenvalue weighted by Gasteiger charge is -2.33. The molecule has 0 saturated carbocycles. The normalized spacial score (nSPS) is 17.6. The largest absolute Gasteiger partial charge is 0.489 e. The number of carbonyl (C=O) groups excluding carboxylic acids is 1. The monoisotopic (exact) mass is 310 g/mol. The lowest BCUT2D eigenvalue weighted by molar-refractivity contribution is 0.101. The van der Waals surface area contributed by atoms with Crippen molar-refractivity contribution >= 4 is 6.03 Å². The molecular weight excluding hydrogens is 288 g/mol. The first-order valence-corrected chi connectivity index (χ1v) is 8.09. The van der Waals surface area contributed by atoms with Crippen LogP contribution in [0.1, 0.15) is 18.4 Å². The van der Waals surface area contributed by atoms with Gasteiger partial charge in [-0.2, -0.15) is 0 Å². The van der Waals surface area contributed by atoms with Gasteiger partial charge < -0.3 is 15.0 Å². The van der Waals surface area contributed by atoms with Crippen molar-refractivity contribution in [2.75, 3.05) is 13.1 Å². The van der Waals surface area contributed by atoms with Gasteiger partial charge in [0.05, 0.1) is 6.54 Å². The second kappa shape index (κ2) is 7.68. The zero-order chi connectivity index (χ0) is 15.9. The number of nitrogens with zero attached hydrogens (tertiary/aromatic N) is 1. The van der Waals surface area contributed by atoms with Gasteiger partial charge in [-0.1, -0.05) is 48.5 Å². The van der Waals surface area contributed by atoms with Crippen molar-refractivity contribution in [2.45, 2.75) is 25.5 Å². The molecule has 1 aliphatic heterocycles. The van der Waals surface area contributed by atoms with Crippen molar-refractivity contribution in [3.8, 4) is 5.75 Å². The molecule has 1 atom stereocenters. The van der Waals surface area contributed by atoms with Crippen LogP contribution in [0.3, 0.4) is 0 Å². The van der Waals surface area contributed by atoms with Crippen LogP contribution >= 0.6 is 0 Å². The quantitative estimate of drug-likeness (QED) is 0.940. The molecule has 1 N–H and O–H groups in total. The Bertz CT molecular complexity index is 616. The van der Waals surface area contributed by atoms with Crippen molar-refractivity contribution in [1.82, 2.24) is 10.2 Å². The van der Waals surface area contributed by atoms with Gasteiger partial charge in [0.1, 0.15) is 11.9 Å². The summed E-state index contributed by atoms with van der Waals surface area (Å²) in [5.74, 6) is 0.865. The highest BCUT2D eigenvalue weighted by molar-refractivity contribution is 5.74. The molecule has 2 aromatic carbocycles. The Morgan fingerprint density at radius 3 is 2.52 bits per heavy atom. The Hall–Kier alpha value is -2.49. The smallest absolute Gasteiger partial charge is 0.317 e. The number of benzene rings is 2. The molecule has 1 heterocycles. The van der Waals surface area contributed by atoms with E-state index in [2.05, 4.69) is 5.32 Å². The standard InChI is InChI=1S/C19H22N2O2/c22-19(20-14-16-8-3-1-4-9-16)21-13-7-12-18(15-21)23-17-10-5-2-6-11-17/h1-6,8-11,18H,7,12-15H2,(H,20,22). The zero-order valence-electron chi connectivity index (χ0n) is 13.2. The Morgan fingerprint density at radius 1 is 1.09 bits per heavy atom. The fraction of sp³-hybridized carbons (Fsp3) is 0.316. The maximum Gasteiger partial charge on any atom is 0.317 e. The number of ether oxygens (including phenoxy) is 1. The minimum atomic E-state index is -0.0183. The summed E-state index contributed by atoms with van der Waals surface area (Å²) >= 11 is 0. The molecule has 2 amide bonds. The van der Waals surface area contributed by atoms with Crippen LogP contribution in [0.4, 0.5) is 4.79 Å². The van der Waals surface area contributed by atoms with Gasteiger partial charge in [0, 0.05) is 13.1 Å². The topological polar surface area (TPSA) is 41.6 Å². The van der Waals surface area contributed by atoms with Crippen LogP contribution in [0.5, 0.6) is 5.75 Å². The maximum atomic E-state index is 12.3. The van der Waals surface area contributed by atoms with Gasteiger partial charge in [0.25, 0.3) is 0 Å². The number of carbonyl (C=O) groups is 1. The minimum absolute atomic E-state index is 0.0183. The first-order chi connectivity index (χ1) is 11.3. The number of rotatable bonds is 4. The Morgan fingerprint density at radius 2 is 1.78 bits per heavy atom. The van der Waals surface area contributed by atoms with Crippen LogP contribution in [0.2, 0.25) is 0 Å². The van der Waals surface area contributed by atoms with E-state index in [1.54, 1.807) is 0 Å². The van der Waals surface area contributed by atoms with Crippen LogP contribution in [0.25, 0.3) is 0 Å². The van der Waals surface area contributed by atoms with Gasteiger partial charge in [-0.15, -0.1) is 0 Å². The molecule has 3 rings (SSSR count). The summed E-state index contributed by atoms with van der Waals surface area (Å²) in [6.07, 6.45) is 2.02. The van der Waals surface area contributed by atoms with Crippen molar-refractivity contribution in [1.29, 1.82) is 0 Å². The molecule has 1 aliphatic rings. The zero-order valence-corrected chi connectivity index (χ0v) is 13.2. The van der Waals surface area contributed by atoms with E-state index in [0.717, 1.165) is 30.7 Å². The van der Waals surface area contributed by atoms with Gasteiger partial charge in [0.15, 0.2) is 0 Å². The van der Waals surface area contributed by atoms with Gasteiger partial charge in [-0.3, -0.25) is 0 Å². The highest BCUT2D eigenvalue weighted by Crippen LogP contribution is 2.18. The minimum Gasteiger partial charge on any atom is -0.489 e. The first kappa shape index (κ1) is 15.4. The van der Waals surface area contributed by atoms with E-state index in [4.69, 9.17) is 4.74 Å². The highest BCUT2D eigenvalue weighted by atomic mass is 16.5. The molecule has 23 heavy (non-hydrogen) atoms. The van der Waals surface area contributed by atoms with Crippen LogP contribution in [0.15, 0.2) is 60.7 Å². The van der Waals surface area contributed by atoms with Crippen molar-refractivity contribution in [3.05, 3.63) is 66.2 Å². The predicted octanol–water partition coefficient (Wildman–Crippen LogP) is 3.44. The van der Waals surface area contributed by atoms with E-state index in [9.17, 15) is 4.79 Å². The molecule has 4 heteroatoms. The lowest BCUT2D eigenvalue weighted by Crippen LogP contribution is -2.48. The maximum absolute atomic E-state index is 12.3. The second-order valence-corrected chi connectivity index (χ2v) is 5.79. The van der Waals surface area contributed by atoms with Crippen molar-refractivity contribution < 1.29 is 9.53 Å². The molecule has 0 spiro atoms. The third-order valence-corrected chi connectivity index (χ3v) is 4.00. The summed E-state index contributed by atoms with van der Waals surface area (Å²) in [5.41, 5.74) is 1.11. The highest BCUT2D eigenvalue weighted by Gasteiger charge is 2.24. The summed E-state index contributed by atoms with van der Waals surface area (Å²) in [6, 6.07) is 19.7. The fourth-order valence-electron chi connectivity index (χ4n) is 2.80. The lowest BCUT2D eigenvalue weighted by atomic mass is 10.1. The molecule has 1 unspecified atom stereocenters. The van der Waals surface area contributed by atoms with Crippen LogP contribution in [-0.2, 0) is 6.54 Å². The van der Waals surface area contributed by atoms with Gasteiger partial charge in [0.2, 0.25) is 0 Å². The molecular formula is C19H22N2O2. The van der Waals surface area contributed by atoms with E-state index in [1.807, 2.05) is 65.6 Å². The van der Waals surface area contributed by atoms with Crippen LogP contribution in [-0.4, -0.2) is 30.1 Å². The number of para-hydroxylation sites is 1. The Kier molecular flexibility index (Phi) is 5.14. The fourth-order valence-corrected chi connectivity index (χ4v) is 2.80. The number of hydrogen-bond donors (Lipinski definition) is 1. The van der Waals surface area contributed by atoms with E-state index < -0.39 is 0 Å². The summed E-state index contributed by atoms with van der Waals surface area (Å²) in [5, 5.41) is 2.98. The summed E-state index contributed by atoms with van der Waals surface area (Å²) < 4.78 is 5.98. The Labute approximate surface area is 137 Å². The van der Waals surface area contributed by atoms with Crippen molar-refractivity contribution in [3.63, 3.8) is 0 Å². The average Bonchev–Trinajstić information content (AvgIpc) is 2.62. The van der Waals surface area contributed by atoms with Gasteiger partial charge in [-0.25, -0.2) is 4.79 Å². The molecule has 0 aromatic heterocycles. The molecule has 2 aromatic rings. The number of amides is 2. The molecule has 1 saturated heterocycles. The van der Waals surface area contributed by atoms with Gasteiger partial charge >= 0.3 is 6.03 Å². The summed E-state index contributed by atoms with van der Waals surface area (Å²) in [6.45, 7) is 1.98. The van der Waals surface area contributed by atoms with Crippen LogP contribution < -0.4 is 10.1 Å². The van der Waals surface area contributed by atoms with E-state index >= 15 is 0 Å². The molecule has 0 bridgehead atoms. The number of likely N-dealkylation sites (tertiary alicyclic amines) is 1. The third-order valence-electron chi connectivity index (χ3n) is 4.00. The predicted molar refractivity (Wildman–Crippen MR) is 90.3 cm³/mol. The summed E-state index contributed by atoms with van der Waals surface area (Å²) in [7, 11) is 0. The third kappa shape index (κ3) is 4.49. The number of nitrogens with one attached hydrogen (secondary N) is 1. The molecule has 4 nitrogen and oxygen atoms in total. The van der Waals surface area contributed by atoms with E-state index in [0.29, 0.717) is 13.1 Å². The number of urea groups is 1. The molecule has 0 aliphatic carbocycles. The Balaban J connectivity index is 1.50. The molecule has 1 fully saturated rings. The SMILES string of the molecule is O=C(NCc1ccccc1)N1CCCC(Oc2ccccc2)C1. The molecule has 0 radical (unpaired) electrons. The summed E-state index contributed by atoms with van der Waals surface area (Å²) in [4.78, 5) is 14.2. The van der Waals surface area contributed by atoms with Crippen LogP contribution in [0, 0.1) is 0 Å². The van der Waals surface area contributed by atoms with Crippen molar-refractivity contribution in [2.24, 2.45) is 0 Å². The first-order valence-electron chi connectivity index (χ1n) is 8.09. The van der Waals surface area contributed by atoms with E-state index in [-0.39, 0.29) is 12.1 Å². The van der Waals surface area contributed by atoms with E-state index in [1.165, 1.54) is 0 Å². The second-order valence-electron chi connectivity index (χ2n) is 5.79. The number of piperidine rings is 1.